The number of hydrogen-bond donors (Lipinski definition) is 2. The van der Waals surface area contributed by atoms with Crippen LogP contribution in [0.5, 0.6) is 0 Å². The predicted molar refractivity (Wildman–Crippen MR) is 85.6 cm³/mol. The van der Waals surface area contributed by atoms with Gasteiger partial charge in [0.15, 0.2) is 0 Å². The summed E-state index contributed by atoms with van der Waals surface area (Å²) in [4.78, 5) is 12.8. The Morgan fingerprint density at radius 1 is 1.32 bits per heavy atom. The minimum Gasteiger partial charge on any atom is -0.354 e. The molecule has 0 bridgehead atoms. The van der Waals surface area contributed by atoms with Crippen molar-refractivity contribution in [3.05, 3.63) is 29.3 Å². The van der Waals surface area contributed by atoms with Crippen LogP contribution in [-0.4, -0.2) is 30.8 Å². The molecule has 1 aromatic rings. The molecular weight excluding hydrogens is 303 g/mol. The molecule has 0 fully saturated rings. The second kappa shape index (κ2) is 10.4. The van der Waals surface area contributed by atoms with Crippen molar-refractivity contribution in [2.45, 2.75) is 24.0 Å². The molecule has 0 saturated heterocycles. The summed E-state index contributed by atoms with van der Waals surface area (Å²) in [6.07, 6.45) is 0. The molecule has 1 atom stereocenters. The van der Waals surface area contributed by atoms with Crippen molar-refractivity contribution in [1.82, 2.24) is 10.6 Å². The van der Waals surface area contributed by atoms with Gasteiger partial charge < -0.3 is 10.6 Å². The first kappa shape index (κ1) is 18.6. The maximum atomic E-state index is 11.8. The number of benzene rings is 1. The van der Waals surface area contributed by atoms with Crippen LogP contribution in [0.4, 0.5) is 0 Å². The van der Waals surface area contributed by atoms with Crippen molar-refractivity contribution < 1.29 is 4.79 Å². The Morgan fingerprint density at radius 3 is 2.53 bits per heavy atom. The van der Waals surface area contributed by atoms with Crippen LogP contribution in [0.1, 0.15) is 13.8 Å². The highest BCUT2D eigenvalue weighted by atomic mass is 35.5. The quantitative estimate of drug-likeness (QED) is 0.599. The maximum absolute atomic E-state index is 11.8. The Morgan fingerprint density at radius 2 is 1.95 bits per heavy atom. The molecule has 1 aromatic carbocycles. The average Bonchev–Trinajstić information content (AvgIpc) is 2.37. The van der Waals surface area contributed by atoms with E-state index in [0.717, 1.165) is 18.0 Å². The van der Waals surface area contributed by atoms with Crippen LogP contribution in [-0.2, 0) is 4.79 Å². The number of amides is 1. The molecule has 0 aliphatic carbocycles. The Labute approximate surface area is 130 Å². The summed E-state index contributed by atoms with van der Waals surface area (Å²) in [6, 6.07) is 7.52. The molecule has 0 saturated carbocycles. The highest BCUT2D eigenvalue weighted by Gasteiger charge is 2.13. The molecule has 1 amide bonds. The van der Waals surface area contributed by atoms with Gasteiger partial charge in [0.1, 0.15) is 0 Å². The number of carbonyl (C=O) groups excluding carboxylic acids is 1. The van der Waals surface area contributed by atoms with E-state index >= 15 is 0 Å². The molecular formula is C13H20Cl2N2OS. The van der Waals surface area contributed by atoms with Gasteiger partial charge in [0.05, 0.1) is 5.25 Å². The Bertz CT molecular complexity index is 373. The molecule has 0 heterocycles. The maximum Gasteiger partial charge on any atom is 0.233 e. The standard InChI is InChI=1S/C13H19ClN2OS.ClH/c1-3-15-8-9-16-13(17)10(2)18-12-6-4-11(14)5-7-12;/h4-7,10,15H,3,8-9H2,1-2H3,(H,16,17);1H. The lowest BCUT2D eigenvalue weighted by Gasteiger charge is -2.12. The van der Waals surface area contributed by atoms with Gasteiger partial charge >= 0.3 is 0 Å². The second-order valence-electron chi connectivity index (χ2n) is 3.86. The third-order valence-electron chi connectivity index (χ3n) is 2.35. The van der Waals surface area contributed by atoms with Gasteiger partial charge in [-0.3, -0.25) is 4.79 Å². The molecule has 3 nitrogen and oxygen atoms in total. The highest BCUT2D eigenvalue weighted by molar-refractivity contribution is 8.00. The van der Waals surface area contributed by atoms with Crippen LogP contribution < -0.4 is 10.6 Å². The molecule has 0 spiro atoms. The number of rotatable bonds is 7. The van der Waals surface area contributed by atoms with Crippen LogP contribution in [0, 0.1) is 0 Å². The lowest BCUT2D eigenvalue weighted by atomic mass is 10.4. The Hall–Kier alpha value is -0.420. The van der Waals surface area contributed by atoms with E-state index in [4.69, 9.17) is 11.6 Å². The summed E-state index contributed by atoms with van der Waals surface area (Å²) >= 11 is 7.35. The van der Waals surface area contributed by atoms with Crippen molar-refractivity contribution in [3.8, 4) is 0 Å². The van der Waals surface area contributed by atoms with Crippen LogP contribution in [0.15, 0.2) is 29.2 Å². The van der Waals surface area contributed by atoms with Crippen molar-refractivity contribution in [2.75, 3.05) is 19.6 Å². The number of nitrogens with one attached hydrogen (secondary N) is 2. The van der Waals surface area contributed by atoms with E-state index in [2.05, 4.69) is 10.6 Å². The normalized spacial score (nSPS) is 11.5. The van der Waals surface area contributed by atoms with Gasteiger partial charge in [0.25, 0.3) is 0 Å². The molecule has 0 aliphatic heterocycles. The summed E-state index contributed by atoms with van der Waals surface area (Å²) in [5.74, 6) is 0.0628. The molecule has 108 valence electrons. The first-order chi connectivity index (χ1) is 8.63. The summed E-state index contributed by atoms with van der Waals surface area (Å²) in [7, 11) is 0. The van der Waals surface area contributed by atoms with Crippen molar-refractivity contribution >= 4 is 41.7 Å². The van der Waals surface area contributed by atoms with Gasteiger partial charge in [-0.25, -0.2) is 0 Å². The van der Waals surface area contributed by atoms with Gasteiger partial charge in [-0.05, 0) is 37.7 Å². The largest absolute Gasteiger partial charge is 0.354 e. The monoisotopic (exact) mass is 322 g/mol. The first-order valence-corrected chi connectivity index (χ1v) is 7.30. The van der Waals surface area contributed by atoms with E-state index in [9.17, 15) is 4.79 Å². The van der Waals surface area contributed by atoms with Crippen LogP contribution in [0.3, 0.4) is 0 Å². The smallest absolute Gasteiger partial charge is 0.233 e. The van der Waals surface area contributed by atoms with Crippen molar-refractivity contribution in [3.63, 3.8) is 0 Å². The lowest BCUT2D eigenvalue weighted by Crippen LogP contribution is -2.36. The van der Waals surface area contributed by atoms with E-state index < -0.39 is 0 Å². The zero-order valence-electron chi connectivity index (χ0n) is 11.1. The molecule has 0 aliphatic rings. The zero-order valence-corrected chi connectivity index (χ0v) is 13.5. The molecule has 0 radical (unpaired) electrons. The third kappa shape index (κ3) is 7.67. The highest BCUT2D eigenvalue weighted by Crippen LogP contribution is 2.24. The van der Waals surface area contributed by atoms with Gasteiger partial charge in [-0.15, -0.1) is 24.2 Å². The molecule has 1 unspecified atom stereocenters. The second-order valence-corrected chi connectivity index (χ2v) is 5.71. The molecule has 1 rings (SSSR count). The predicted octanol–water partition coefficient (Wildman–Crippen LogP) is 2.97. The van der Waals surface area contributed by atoms with Crippen molar-refractivity contribution in [1.29, 1.82) is 0 Å². The van der Waals surface area contributed by atoms with E-state index in [0.29, 0.717) is 11.6 Å². The van der Waals surface area contributed by atoms with Crippen LogP contribution in [0.25, 0.3) is 0 Å². The average molecular weight is 323 g/mol. The minimum atomic E-state index is -0.104. The fourth-order valence-electron chi connectivity index (χ4n) is 1.37. The lowest BCUT2D eigenvalue weighted by molar-refractivity contribution is -0.120. The SMILES string of the molecule is CCNCCNC(=O)C(C)Sc1ccc(Cl)cc1.Cl. The first-order valence-electron chi connectivity index (χ1n) is 6.04. The number of thioether (sulfide) groups is 1. The third-order valence-corrected chi connectivity index (χ3v) is 3.71. The Balaban J connectivity index is 0.00000324. The summed E-state index contributed by atoms with van der Waals surface area (Å²) in [6.45, 7) is 6.34. The minimum absolute atomic E-state index is 0. The van der Waals surface area contributed by atoms with E-state index in [-0.39, 0.29) is 23.6 Å². The molecule has 19 heavy (non-hydrogen) atoms. The van der Waals surface area contributed by atoms with Crippen molar-refractivity contribution in [2.24, 2.45) is 0 Å². The molecule has 2 N–H and O–H groups in total. The van der Waals surface area contributed by atoms with Gasteiger partial charge in [0, 0.05) is 23.0 Å². The summed E-state index contributed by atoms with van der Waals surface area (Å²) in [5.41, 5.74) is 0. The number of likely N-dealkylation sites (N-methyl/N-ethyl adjacent to an activating group) is 1. The van der Waals surface area contributed by atoms with Gasteiger partial charge in [0.2, 0.25) is 5.91 Å². The number of carbonyl (C=O) groups is 1. The topological polar surface area (TPSA) is 41.1 Å². The van der Waals surface area contributed by atoms with Gasteiger partial charge in [-0.2, -0.15) is 0 Å². The molecule has 6 heteroatoms. The number of hydrogen-bond acceptors (Lipinski definition) is 3. The summed E-state index contributed by atoms with van der Waals surface area (Å²) < 4.78 is 0. The number of halogens is 2. The molecule has 0 aromatic heterocycles. The van der Waals surface area contributed by atoms with E-state index in [1.165, 1.54) is 11.8 Å². The summed E-state index contributed by atoms with van der Waals surface area (Å²) in [5, 5.41) is 6.67. The fourth-order valence-corrected chi connectivity index (χ4v) is 2.38. The zero-order chi connectivity index (χ0) is 13.4. The Kier molecular flexibility index (Phi) is 10.1. The van der Waals surface area contributed by atoms with Gasteiger partial charge in [-0.1, -0.05) is 18.5 Å². The van der Waals surface area contributed by atoms with E-state index in [1.54, 1.807) is 0 Å². The van der Waals surface area contributed by atoms with Crippen LogP contribution in [0.2, 0.25) is 5.02 Å². The fraction of sp³-hybridized carbons (Fsp3) is 0.462. The van der Waals surface area contributed by atoms with E-state index in [1.807, 2.05) is 38.1 Å². The van der Waals surface area contributed by atoms with Crippen LogP contribution >= 0.6 is 35.8 Å².